The summed E-state index contributed by atoms with van der Waals surface area (Å²) in [5, 5.41) is 2.62. The molecule has 0 aliphatic carbocycles. The van der Waals surface area contributed by atoms with E-state index in [1.54, 1.807) is 19.9 Å². The third kappa shape index (κ3) is 2.78. The molecule has 1 fully saturated rings. The molecule has 2 amide bonds. The standard InChI is InChI=1S/C13H14BrFN2O2/c1-7-5-10(15)9(14)6-11(7)17-4-3-12(18)16-8(2)13(17)19/h5-6,8H,3-4H2,1-2H3,(H,16,18). The molecule has 0 bridgehead atoms. The molecule has 4 nitrogen and oxygen atoms in total. The molecule has 1 atom stereocenters. The van der Waals surface area contributed by atoms with Crippen LogP contribution in [0.25, 0.3) is 0 Å². The topological polar surface area (TPSA) is 49.4 Å². The average molecular weight is 329 g/mol. The fourth-order valence-corrected chi connectivity index (χ4v) is 2.43. The number of carbonyl (C=O) groups is 2. The number of rotatable bonds is 1. The molecule has 6 heteroatoms. The third-order valence-electron chi connectivity index (χ3n) is 3.11. The minimum absolute atomic E-state index is 0.151. The first-order valence-electron chi connectivity index (χ1n) is 5.96. The van der Waals surface area contributed by atoms with Crippen molar-refractivity contribution in [1.82, 2.24) is 5.32 Å². The van der Waals surface area contributed by atoms with Gasteiger partial charge < -0.3 is 10.2 Å². The largest absolute Gasteiger partial charge is 0.345 e. The monoisotopic (exact) mass is 328 g/mol. The molecular weight excluding hydrogens is 315 g/mol. The molecule has 0 saturated carbocycles. The number of anilines is 1. The fraction of sp³-hybridized carbons (Fsp3) is 0.385. The quantitative estimate of drug-likeness (QED) is 0.858. The predicted molar refractivity (Wildman–Crippen MR) is 73.4 cm³/mol. The number of halogens is 2. The number of carbonyl (C=O) groups excluding carboxylic acids is 2. The molecule has 1 unspecified atom stereocenters. The van der Waals surface area contributed by atoms with Gasteiger partial charge in [0.05, 0.1) is 4.47 Å². The Morgan fingerprint density at radius 3 is 2.79 bits per heavy atom. The molecular formula is C13H14BrFN2O2. The smallest absolute Gasteiger partial charge is 0.249 e. The van der Waals surface area contributed by atoms with Gasteiger partial charge in [0.1, 0.15) is 11.9 Å². The Labute approximate surface area is 119 Å². The highest BCUT2D eigenvalue weighted by atomic mass is 79.9. The first kappa shape index (κ1) is 14.0. The lowest BCUT2D eigenvalue weighted by Gasteiger charge is -2.24. The molecule has 0 aromatic heterocycles. The maximum atomic E-state index is 13.4. The SMILES string of the molecule is Cc1cc(F)c(Br)cc1N1CCC(=O)NC(C)C1=O. The zero-order valence-corrected chi connectivity index (χ0v) is 12.3. The number of amides is 2. The van der Waals surface area contributed by atoms with Crippen LogP contribution >= 0.6 is 15.9 Å². The van der Waals surface area contributed by atoms with E-state index in [1.165, 1.54) is 11.0 Å². The highest BCUT2D eigenvalue weighted by molar-refractivity contribution is 9.10. The van der Waals surface area contributed by atoms with Crippen molar-refractivity contribution in [1.29, 1.82) is 0 Å². The second-order valence-electron chi connectivity index (χ2n) is 4.58. The van der Waals surface area contributed by atoms with Gasteiger partial charge in [0.2, 0.25) is 11.8 Å². The summed E-state index contributed by atoms with van der Waals surface area (Å²) in [5.74, 6) is -0.708. The van der Waals surface area contributed by atoms with Crippen LogP contribution in [-0.2, 0) is 9.59 Å². The van der Waals surface area contributed by atoms with Crippen molar-refractivity contribution >= 4 is 33.4 Å². The number of nitrogens with one attached hydrogen (secondary N) is 1. The molecule has 19 heavy (non-hydrogen) atoms. The Balaban J connectivity index is 2.42. The van der Waals surface area contributed by atoms with Crippen LogP contribution in [-0.4, -0.2) is 24.4 Å². The molecule has 1 heterocycles. The van der Waals surface area contributed by atoms with E-state index in [9.17, 15) is 14.0 Å². The van der Waals surface area contributed by atoms with Gasteiger partial charge >= 0.3 is 0 Å². The van der Waals surface area contributed by atoms with E-state index in [2.05, 4.69) is 21.2 Å². The van der Waals surface area contributed by atoms with Crippen LogP contribution < -0.4 is 10.2 Å². The number of nitrogens with zero attached hydrogens (tertiary/aromatic N) is 1. The van der Waals surface area contributed by atoms with Gasteiger partial charge in [0, 0.05) is 18.7 Å². The number of hydrogen-bond acceptors (Lipinski definition) is 2. The van der Waals surface area contributed by atoms with E-state index in [-0.39, 0.29) is 24.1 Å². The first-order valence-corrected chi connectivity index (χ1v) is 6.76. The lowest BCUT2D eigenvalue weighted by Crippen LogP contribution is -2.43. The summed E-state index contributed by atoms with van der Waals surface area (Å²) >= 11 is 3.12. The molecule has 1 aliphatic rings. The second kappa shape index (κ2) is 5.28. The lowest BCUT2D eigenvalue weighted by molar-refractivity contribution is -0.125. The molecule has 2 rings (SSSR count). The number of aryl methyl sites for hydroxylation is 1. The van der Waals surface area contributed by atoms with Gasteiger partial charge in [-0.2, -0.15) is 0 Å². The van der Waals surface area contributed by atoms with Gasteiger partial charge in [-0.25, -0.2) is 4.39 Å². The van der Waals surface area contributed by atoms with Gasteiger partial charge in [-0.1, -0.05) is 0 Å². The van der Waals surface area contributed by atoms with E-state index in [0.29, 0.717) is 22.3 Å². The highest BCUT2D eigenvalue weighted by Gasteiger charge is 2.28. The van der Waals surface area contributed by atoms with E-state index in [4.69, 9.17) is 0 Å². The zero-order chi connectivity index (χ0) is 14.2. The molecule has 1 saturated heterocycles. The van der Waals surface area contributed by atoms with Crippen LogP contribution in [0.1, 0.15) is 18.9 Å². The lowest BCUT2D eigenvalue weighted by atomic mass is 10.1. The van der Waals surface area contributed by atoms with Crippen molar-refractivity contribution in [3.8, 4) is 0 Å². The van der Waals surface area contributed by atoms with Crippen molar-refractivity contribution in [2.75, 3.05) is 11.4 Å². The van der Waals surface area contributed by atoms with Crippen molar-refractivity contribution in [2.24, 2.45) is 0 Å². The van der Waals surface area contributed by atoms with E-state index < -0.39 is 6.04 Å². The van der Waals surface area contributed by atoms with Crippen LogP contribution in [0.4, 0.5) is 10.1 Å². The molecule has 0 spiro atoms. The van der Waals surface area contributed by atoms with Gasteiger partial charge in [-0.05, 0) is 47.5 Å². The van der Waals surface area contributed by atoms with Crippen molar-refractivity contribution in [2.45, 2.75) is 26.3 Å². The Hall–Kier alpha value is -1.43. The summed E-state index contributed by atoms with van der Waals surface area (Å²) in [6, 6.07) is 2.38. The Morgan fingerprint density at radius 1 is 1.42 bits per heavy atom. The Morgan fingerprint density at radius 2 is 2.11 bits per heavy atom. The van der Waals surface area contributed by atoms with Gasteiger partial charge in [0.25, 0.3) is 0 Å². The highest BCUT2D eigenvalue weighted by Crippen LogP contribution is 2.28. The van der Waals surface area contributed by atoms with E-state index >= 15 is 0 Å². The third-order valence-corrected chi connectivity index (χ3v) is 3.71. The van der Waals surface area contributed by atoms with E-state index in [0.717, 1.165) is 0 Å². The summed E-state index contributed by atoms with van der Waals surface area (Å²) in [6.45, 7) is 3.68. The predicted octanol–water partition coefficient (Wildman–Crippen LogP) is 2.14. The van der Waals surface area contributed by atoms with Crippen molar-refractivity contribution < 1.29 is 14.0 Å². The molecule has 102 valence electrons. The maximum Gasteiger partial charge on any atom is 0.249 e. The van der Waals surface area contributed by atoms with Gasteiger partial charge in [-0.15, -0.1) is 0 Å². The van der Waals surface area contributed by atoms with Crippen molar-refractivity contribution in [3.05, 3.63) is 28.0 Å². The Kier molecular flexibility index (Phi) is 3.89. The van der Waals surface area contributed by atoms with Crippen LogP contribution in [0.3, 0.4) is 0 Å². The molecule has 1 aliphatic heterocycles. The molecule has 0 radical (unpaired) electrons. The normalized spacial score (nSPS) is 20.2. The summed E-state index contributed by atoms with van der Waals surface area (Å²) in [5.41, 5.74) is 1.29. The molecule has 1 N–H and O–H groups in total. The van der Waals surface area contributed by atoms with E-state index in [1.807, 2.05) is 0 Å². The summed E-state index contributed by atoms with van der Waals surface area (Å²) in [6.07, 6.45) is 0.241. The van der Waals surface area contributed by atoms with Gasteiger partial charge in [0.15, 0.2) is 0 Å². The first-order chi connectivity index (χ1) is 8.90. The Bertz CT molecular complexity index is 548. The maximum absolute atomic E-state index is 13.4. The second-order valence-corrected chi connectivity index (χ2v) is 5.44. The molecule has 1 aromatic rings. The van der Waals surface area contributed by atoms with Crippen LogP contribution in [0.2, 0.25) is 0 Å². The summed E-state index contributed by atoms with van der Waals surface area (Å²) < 4.78 is 13.7. The van der Waals surface area contributed by atoms with Crippen LogP contribution in [0.15, 0.2) is 16.6 Å². The average Bonchev–Trinajstić information content (AvgIpc) is 2.45. The fourth-order valence-electron chi connectivity index (χ4n) is 2.10. The minimum atomic E-state index is -0.571. The van der Waals surface area contributed by atoms with Crippen molar-refractivity contribution in [3.63, 3.8) is 0 Å². The summed E-state index contributed by atoms with van der Waals surface area (Å²) in [4.78, 5) is 25.2. The van der Waals surface area contributed by atoms with Gasteiger partial charge in [-0.3, -0.25) is 9.59 Å². The summed E-state index contributed by atoms with van der Waals surface area (Å²) in [7, 11) is 0. The van der Waals surface area contributed by atoms with Crippen LogP contribution in [0.5, 0.6) is 0 Å². The van der Waals surface area contributed by atoms with Crippen LogP contribution in [0, 0.1) is 12.7 Å². The zero-order valence-electron chi connectivity index (χ0n) is 10.7. The minimum Gasteiger partial charge on any atom is -0.345 e. The number of benzene rings is 1. The number of hydrogen-bond donors (Lipinski definition) is 1. The molecule has 1 aromatic carbocycles.